The molecule has 4 unspecified atom stereocenters. The van der Waals surface area contributed by atoms with Gasteiger partial charge in [-0.15, -0.1) is 11.8 Å². The Morgan fingerprint density at radius 2 is 1.75 bits per heavy atom. The van der Waals surface area contributed by atoms with Crippen molar-refractivity contribution >= 4 is 23.8 Å². The lowest BCUT2D eigenvalue weighted by atomic mass is 9.80. The molecular formula is C14H24N2O3S. The van der Waals surface area contributed by atoms with Crippen LogP contribution in [-0.2, 0) is 4.79 Å². The highest BCUT2D eigenvalue weighted by atomic mass is 32.2. The van der Waals surface area contributed by atoms with Crippen LogP contribution < -0.4 is 5.32 Å². The van der Waals surface area contributed by atoms with Gasteiger partial charge < -0.3 is 10.4 Å². The molecule has 4 atom stereocenters. The van der Waals surface area contributed by atoms with E-state index < -0.39 is 12.0 Å². The van der Waals surface area contributed by atoms with Gasteiger partial charge in [0.25, 0.3) is 0 Å². The minimum absolute atomic E-state index is 0.0745. The van der Waals surface area contributed by atoms with Crippen LogP contribution in [0.1, 0.15) is 40.0 Å². The highest BCUT2D eigenvalue weighted by Gasteiger charge is 2.40. The maximum atomic E-state index is 12.4. The smallest absolute Gasteiger partial charge is 0.327 e. The van der Waals surface area contributed by atoms with Crippen molar-refractivity contribution in [2.45, 2.75) is 57.5 Å². The van der Waals surface area contributed by atoms with Crippen LogP contribution in [0.25, 0.3) is 0 Å². The molecule has 6 heteroatoms. The third kappa shape index (κ3) is 3.40. The van der Waals surface area contributed by atoms with Crippen LogP contribution in [0.4, 0.5) is 4.79 Å². The summed E-state index contributed by atoms with van der Waals surface area (Å²) < 4.78 is 0. The Hall–Kier alpha value is -0.910. The Morgan fingerprint density at radius 1 is 1.15 bits per heavy atom. The number of nitrogens with one attached hydrogen (secondary N) is 1. The van der Waals surface area contributed by atoms with E-state index in [0.29, 0.717) is 17.6 Å². The van der Waals surface area contributed by atoms with Crippen molar-refractivity contribution in [3.63, 3.8) is 0 Å². The first-order valence-electron chi connectivity index (χ1n) is 7.31. The molecule has 1 aliphatic carbocycles. The first-order valence-corrected chi connectivity index (χ1v) is 8.36. The molecule has 1 aliphatic heterocycles. The van der Waals surface area contributed by atoms with E-state index in [2.05, 4.69) is 19.2 Å². The van der Waals surface area contributed by atoms with E-state index in [-0.39, 0.29) is 17.4 Å². The van der Waals surface area contributed by atoms with Gasteiger partial charge in [0.1, 0.15) is 6.04 Å². The van der Waals surface area contributed by atoms with E-state index in [0.717, 1.165) is 12.8 Å². The Morgan fingerprint density at radius 3 is 2.30 bits per heavy atom. The molecule has 5 nitrogen and oxygen atoms in total. The van der Waals surface area contributed by atoms with Gasteiger partial charge >= 0.3 is 12.0 Å². The summed E-state index contributed by atoms with van der Waals surface area (Å²) in [6.45, 7) is 6.31. The molecule has 0 bridgehead atoms. The molecular weight excluding hydrogens is 276 g/mol. The van der Waals surface area contributed by atoms with Gasteiger partial charge in [0.15, 0.2) is 0 Å². The van der Waals surface area contributed by atoms with Crippen LogP contribution >= 0.6 is 11.8 Å². The summed E-state index contributed by atoms with van der Waals surface area (Å²) in [6.07, 6.45) is 3.19. The van der Waals surface area contributed by atoms with Crippen molar-refractivity contribution < 1.29 is 14.7 Å². The lowest BCUT2D eigenvalue weighted by Gasteiger charge is -2.34. The van der Waals surface area contributed by atoms with Gasteiger partial charge in [0.05, 0.1) is 5.37 Å². The molecule has 2 rings (SSSR count). The van der Waals surface area contributed by atoms with Crippen LogP contribution in [0.3, 0.4) is 0 Å². The van der Waals surface area contributed by atoms with Gasteiger partial charge in [0.2, 0.25) is 0 Å². The van der Waals surface area contributed by atoms with Gasteiger partial charge in [-0.2, -0.15) is 0 Å². The molecule has 1 heterocycles. The van der Waals surface area contributed by atoms with E-state index in [9.17, 15) is 14.7 Å². The van der Waals surface area contributed by atoms with Gasteiger partial charge in [-0.25, -0.2) is 9.59 Å². The number of carboxylic acids is 1. The molecule has 1 saturated heterocycles. The lowest BCUT2D eigenvalue weighted by Crippen LogP contribution is -2.53. The zero-order valence-corrected chi connectivity index (χ0v) is 13.2. The van der Waals surface area contributed by atoms with E-state index in [4.69, 9.17) is 0 Å². The average molecular weight is 300 g/mol. The lowest BCUT2D eigenvalue weighted by molar-refractivity contribution is -0.141. The second kappa shape index (κ2) is 6.24. The van der Waals surface area contributed by atoms with Gasteiger partial charge in [0, 0.05) is 11.8 Å². The van der Waals surface area contributed by atoms with Gasteiger partial charge in [-0.1, -0.05) is 13.8 Å². The molecule has 114 valence electrons. The van der Waals surface area contributed by atoms with E-state index in [1.54, 1.807) is 0 Å². The predicted molar refractivity (Wildman–Crippen MR) is 79.7 cm³/mol. The molecule has 0 spiro atoms. The van der Waals surface area contributed by atoms with E-state index >= 15 is 0 Å². The SMILES string of the molecule is CC1CC(C)CC(NC(=O)N2C(C)SCC2C(=O)O)C1. The first-order chi connectivity index (χ1) is 9.38. The fourth-order valence-electron chi connectivity index (χ4n) is 3.46. The Labute approximate surface area is 124 Å². The quantitative estimate of drug-likeness (QED) is 0.821. The zero-order chi connectivity index (χ0) is 14.9. The third-order valence-corrected chi connectivity index (χ3v) is 5.47. The molecule has 2 fully saturated rings. The number of rotatable bonds is 2. The normalized spacial score (nSPS) is 37.8. The van der Waals surface area contributed by atoms with E-state index in [1.165, 1.54) is 23.1 Å². The standard InChI is InChI=1S/C14H24N2O3S/c1-8-4-9(2)6-11(5-8)15-14(19)16-10(3)20-7-12(16)13(17)18/h8-12H,4-7H2,1-3H3,(H,15,19)(H,17,18). The summed E-state index contributed by atoms with van der Waals surface area (Å²) >= 11 is 1.52. The third-order valence-electron chi connectivity index (χ3n) is 4.25. The number of aliphatic carboxylic acids is 1. The number of carbonyl (C=O) groups is 2. The second-order valence-electron chi connectivity index (χ2n) is 6.26. The number of carbonyl (C=O) groups excluding carboxylic acids is 1. The molecule has 2 N–H and O–H groups in total. The van der Waals surface area contributed by atoms with Crippen molar-refractivity contribution in [3.05, 3.63) is 0 Å². The summed E-state index contributed by atoms with van der Waals surface area (Å²) in [7, 11) is 0. The number of hydrogen-bond donors (Lipinski definition) is 2. The Bertz CT molecular complexity index is 381. The van der Waals surface area contributed by atoms with E-state index in [1.807, 2.05) is 6.92 Å². The minimum Gasteiger partial charge on any atom is -0.480 e. The van der Waals surface area contributed by atoms with Crippen LogP contribution in [0.5, 0.6) is 0 Å². The summed E-state index contributed by atoms with van der Waals surface area (Å²) in [6, 6.07) is -0.747. The van der Waals surface area contributed by atoms with Crippen molar-refractivity contribution in [1.82, 2.24) is 10.2 Å². The fraction of sp³-hybridized carbons (Fsp3) is 0.857. The molecule has 1 saturated carbocycles. The highest BCUT2D eigenvalue weighted by molar-refractivity contribution is 8.00. The maximum Gasteiger partial charge on any atom is 0.327 e. The topological polar surface area (TPSA) is 69.6 Å². The molecule has 0 aromatic heterocycles. The largest absolute Gasteiger partial charge is 0.480 e. The number of carboxylic acid groups (broad SMARTS) is 1. The van der Waals surface area contributed by atoms with Crippen LogP contribution in [-0.4, -0.2) is 45.2 Å². The summed E-state index contributed by atoms with van der Waals surface area (Å²) in [5.41, 5.74) is 0. The Kier molecular flexibility index (Phi) is 4.83. The van der Waals surface area contributed by atoms with Gasteiger partial charge in [-0.05, 0) is 38.0 Å². The Balaban J connectivity index is 1.98. The van der Waals surface area contributed by atoms with Crippen molar-refractivity contribution in [2.24, 2.45) is 11.8 Å². The zero-order valence-electron chi connectivity index (χ0n) is 12.3. The summed E-state index contributed by atoms with van der Waals surface area (Å²) in [5.74, 6) is 0.790. The molecule has 2 aliphatic rings. The fourth-order valence-corrected chi connectivity index (χ4v) is 4.62. The molecule has 20 heavy (non-hydrogen) atoms. The van der Waals surface area contributed by atoms with Crippen LogP contribution in [0, 0.1) is 11.8 Å². The van der Waals surface area contributed by atoms with Crippen LogP contribution in [0.2, 0.25) is 0 Å². The van der Waals surface area contributed by atoms with Crippen molar-refractivity contribution in [3.8, 4) is 0 Å². The molecule has 0 aromatic carbocycles. The van der Waals surface area contributed by atoms with Crippen molar-refractivity contribution in [1.29, 1.82) is 0 Å². The molecule has 2 amide bonds. The van der Waals surface area contributed by atoms with Crippen LogP contribution in [0.15, 0.2) is 0 Å². The molecule has 0 radical (unpaired) electrons. The minimum atomic E-state index is -0.914. The summed E-state index contributed by atoms with van der Waals surface area (Å²) in [5, 5.41) is 12.2. The predicted octanol–water partition coefficient (Wildman–Crippen LogP) is 2.37. The number of urea groups is 1. The number of amides is 2. The first kappa shape index (κ1) is 15.5. The van der Waals surface area contributed by atoms with Crippen molar-refractivity contribution in [2.75, 3.05) is 5.75 Å². The highest BCUT2D eigenvalue weighted by Crippen LogP contribution is 2.31. The summed E-state index contributed by atoms with van der Waals surface area (Å²) in [4.78, 5) is 25.1. The average Bonchev–Trinajstić information content (AvgIpc) is 2.69. The van der Waals surface area contributed by atoms with Gasteiger partial charge in [-0.3, -0.25) is 4.90 Å². The monoisotopic (exact) mass is 300 g/mol. The molecule has 0 aromatic rings. The number of nitrogens with zero attached hydrogens (tertiary/aromatic N) is 1. The number of thioether (sulfide) groups is 1. The number of hydrogen-bond acceptors (Lipinski definition) is 3. The second-order valence-corrected chi connectivity index (χ2v) is 7.61. The maximum absolute atomic E-state index is 12.4.